The van der Waals surface area contributed by atoms with E-state index in [0.717, 1.165) is 17.5 Å². The molecule has 0 saturated heterocycles. The maximum absolute atomic E-state index is 4.30. The van der Waals surface area contributed by atoms with E-state index in [1.807, 2.05) is 5.51 Å². The van der Waals surface area contributed by atoms with Gasteiger partial charge in [0.15, 0.2) is 0 Å². The van der Waals surface area contributed by atoms with Crippen molar-refractivity contribution >= 4 is 11.3 Å². The first-order valence-corrected chi connectivity index (χ1v) is 7.11. The highest BCUT2D eigenvalue weighted by Gasteiger charge is 2.31. The monoisotopic (exact) mass is 243 g/mol. The number of aromatic nitrogens is 1. The quantitative estimate of drug-likeness (QED) is 0.782. The Morgan fingerprint density at radius 2 is 2.00 bits per heavy atom. The number of nitrogens with zero attached hydrogens (tertiary/aromatic N) is 1. The third-order valence-electron chi connectivity index (χ3n) is 3.74. The van der Waals surface area contributed by atoms with E-state index >= 15 is 0 Å². The molecule has 0 bridgehead atoms. The van der Waals surface area contributed by atoms with E-state index in [1.165, 1.54) is 28.8 Å². The summed E-state index contributed by atoms with van der Waals surface area (Å²) in [5, 5.41) is 0. The lowest BCUT2D eigenvalue weighted by molar-refractivity contribution is 0.747. The van der Waals surface area contributed by atoms with E-state index in [1.54, 1.807) is 11.3 Å². The average Bonchev–Trinajstić information content (AvgIpc) is 2.85. The van der Waals surface area contributed by atoms with Gasteiger partial charge >= 0.3 is 0 Å². The maximum Gasteiger partial charge on any atom is 0.0801 e. The molecule has 2 atom stereocenters. The van der Waals surface area contributed by atoms with Gasteiger partial charge in [0, 0.05) is 0 Å². The second-order valence-electron chi connectivity index (χ2n) is 5.14. The van der Waals surface area contributed by atoms with Gasteiger partial charge in [0.25, 0.3) is 0 Å². The first-order chi connectivity index (χ1) is 8.24. The summed E-state index contributed by atoms with van der Waals surface area (Å²) in [7, 11) is 0. The van der Waals surface area contributed by atoms with E-state index in [4.69, 9.17) is 0 Å². The van der Waals surface area contributed by atoms with Crippen LogP contribution < -0.4 is 0 Å². The van der Waals surface area contributed by atoms with E-state index in [0.29, 0.717) is 0 Å². The van der Waals surface area contributed by atoms with Crippen LogP contribution in [0.25, 0.3) is 10.4 Å². The minimum atomic E-state index is 0.936. The van der Waals surface area contributed by atoms with Crippen molar-refractivity contribution in [1.29, 1.82) is 0 Å². The summed E-state index contributed by atoms with van der Waals surface area (Å²) >= 11 is 1.72. The van der Waals surface area contributed by atoms with E-state index in [9.17, 15) is 0 Å². The van der Waals surface area contributed by atoms with Crippen LogP contribution in [0.5, 0.6) is 0 Å². The Morgan fingerprint density at radius 3 is 2.53 bits per heavy atom. The van der Waals surface area contributed by atoms with Crippen LogP contribution in [-0.4, -0.2) is 4.98 Å². The molecule has 0 amide bonds. The van der Waals surface area contributed by atoms with Crippen molar-refractivity contribution in [2.75, 3.05) is 0 Å². The fourth-order valence-electron chi connectivity index (χ4n) is 2.36. The van der Waals surface area contributed by atoms with Gasteiger partial charge < -0.3 is 0 Å². The highest BCUT2D eigenvalue weighted by atomic mass is 32.1. The van der Waals surface area contributed by atoms with Crippen LogP contribution in [0, 0.1) is 18.8 Å². The predicted molar refractivity (Wildman–Crippen MR) is 73.3 cm³/mol. The van der Waals surface area contributed by atoms with Crippen LogP contribution in [0.15, 0.2) is 29.8 Å². The first-order valence-electron chi connectivity index (χ1n) is 6.23. The van der Waals surface area contributed by atoms with Gasteiger partial charge in [-0.25, -0.2) is 4.98 Å². The van der Waals surface area contributed by atoms with Gasteiger partial charge in [0.05, 0.1) is 16.1 Å². The number of benzene rings is 1. The molecule has 1 aliphatic carbocycles. The van der Waals surface area contributed by atoms with E-state index in [-0.39, 0.29) is 0 Å². The van der Waals surface area contributed by atoms with Gasteiger partial charge in [-0.2, -0.15) is 0 Å². The van der Waals surface area contributed by atoms with Crippen molar-refractivity contribution in [2.45, 2.75) is 26.7 Å². The third-order valence-corrected chi connectivity index (χ3v) is 4.71. The maximum atomic E-state index is 4.30. The molecular formula is C15H17NS. The lowest BCUT2D eigenvalue weighted by Crippen LogP contribution is -1.88. The fourth-order valence-corrected chi connectivity index (χ4v) is 3.17. The van der Waals surface area contributed by atoms with Gasteiger partial charge in [0.2, 0.25) is 0 Å². The van der Waals surface area contributed by atoms with Crippen molar-refractivity contribution in [2.24, 2.45) is 11.8 Å². The number of hydrogen-bond acceptors (Lipinski definition) is 2. The third kappa shape index (κ3) is 2.27. The highest BCUT2D eigenvalue weighted by molar-refractivity contribution is 7.13. The highest BCUT2D eigenvalue weighted by Crippen LogP contribution is 2.40. The van der Waals surface area contributed by atoms with Crippen molar-refractivity contribution in [3.8, 4) is 10.4 Å². The summed E-state index contributed by atoms with van der Waals surface area (Å²) in [6, 6.07) is 9.03. The molecule has 1 aromatic carbocycles. The average molecular weight is 243 g/mol. The molecule has 0 N–H and O–H groups in total. The molecule has 1 saturated carbocycles. The molecule has 0 radical (unpaired) electrons. The Labute approximate surface area is 107 Å². The Balaban J connectivity index is 1.78. The summed E-state index contributed by atoms with van der Waals surface area (Å²) in [5.41, 5.74) is 5.84. The summed E-state index contributed by atoms with van der Waals surface area (Å²) < 4.78 is 0. The second kappa shape index (κ2) is 4.26. The smallest absolute Gasteiger partial charge is 0.0801 e. The summed E-state index contributed by atoms with van der Waals surface area (Å²) in [6.45, 7) is 4.42. The Bertz CT molecular complexity index is 512. The molecule has 88 valence electrons. The van der Waals surface area contributed by atoms with Gasteiger partial charge in [-0.1, -0.05) is 31.2 Å². The molecule has 3 rings (SSSR count). The summed E-state index contributed by atoms with van der Waals surface area (Å²) in [4.78, 5) is 5.60. The number of hydrogen-bond donors (Lipinski definition) is 0. The topological polar surface area (TPSA) is 12.9 Å². The molecule has 1 heterocycles. The van der Waals surface area contributed by atoms with E-state index in [2.05, 4.69) is 43.1 Å². The van der Waals surface area contributed by atoms with Crippen LogP contribution in [-0.2, 0) is 6.42 Å². The second-order valence-corrected chi connectivity index (χ2v) is 6.00. The van der Waals surface area contributed by atoms with E-state index < -0.39 is 0 Å². The SMILES string of the molecule is Cc1ncsc1-c1ccc(CC2CC2C)cc1. The van der Waals surface area contributed by atoms with Gasteiger partial charge in [-0.05, 0) is 42.7 Å². The predicted octanol–water partition coefficient (Wildman–Crippen LogP) is 4.32. The van der Waals surface area contributed by atoms with Crippen LogP contribution >= 0.6 is 11.3 Å². The zero-order valence-electron chi connectivity index (χ0n) is 10.3. The van der Waals surface area contributed by atoms with Crippen molar-refractivity contribution in [3.63, 3.8) is 0 Å². The number of aryl methyl sites for hydroxylation is 1. The minimum absolute atomic E-state index is 0.936. The molecule has 2 heteroatoms. The minimum Gasteiger partial charge on any atom is -0.249 e. The van der Waals surface area contributed by atoms with Crippen molar-refractivity contribution in [3.05, 3.63) is 41.0 Å². The zero-order chi connectivity index (χ0) is 11.8. The normalized spacial score (nSPS) is 22.7. The summed E-state index contributed by atoms with van der Waals surface area (Å²) in [5.74, 6) is 1.88. The molecule has 1 aromatic heterocycles. The van der Waals surface area contributed by atoms with Gasteiger partial charge in [-0.3, -0.25) is 0 Å². The molecule has 0 aliphatic heterocycles. The Kier molecular flexibility index (Phi) is 2.75. The zero-order valence-corrected chi connectivity index (χ0v) is 11.1. The molecule has 1 nitrogen and oxygen atoms in total. The first kappa shape index (κ1) is 11.0. The number of rotatable bonds is 3. The fraction of sp³-hybridized carbons (Fsp3) is 0.400. The van der Waals surface area contributed by atoms with Crippen LogP contribution in [0.1, 0.15) is 24.6 Å². The van der Waals surface area contributed by atoms with Crippen molar-refractivity contribution < 1.29 is 0 Å². The largest absolute Gasteiger partial charge is 0.249 e. The van der Waals surface area contributed by atoms with Crippen LogP contribution in [0.3, 0.4) is 0 Å². The number of thiazole rings is 1. The lowest BCUT2D eigenvalue weighted by atomic mass is 10.0. The van der Waals surface area contributed by atoms with Gasteiger partial charge in [0.1, 0.15) is 0 Å². The molecule has 17 heavy (non-hydrogen) atoms. The molecule has 0 spiro atoms. The van der Waals surface area contributed by atoms with Crippen molar-refractivity contribution in [1.82, 2.24) is 4.98 Å². The lowest BCUT2D eigenvalue weighted by Gasteiger charge is -2.03. The van der Waals surface area contributed by atoms with Gasteiger partial charge in [-0.15, -0.1) is 11.3 Å². The molecular weight excluding hydrogens is 226 g/mol. The Morgan fingerprint density at radius 1 is 1.29 bits per heavy atom. The molecule has 1 aliphatic rings. The van der Waals surface area contributed by atoms with Crippen LogP contribution in [0.2, 0.25) is 0 Å². The molecule has 2 unspecified atom stereocenters. The summed E-state index contributed by atoms with van der Waals surface area (Å²) in [6.07, 6.45) is 2.67. The molecule has 1 fully saturated rings. The standard InChI is InChI=1S/C15H17NS/c1-10-7-14(10)8-12-3-5-13(6-4-12)15-11(2)16-9-17-15/h3-6,9-10,14H,7-8H2,1-2H3. The van der Waals surface area contributed by atoms with Crippen LogP contribution in [0.4, 0.5) is 0 Å². The molecule has 2 aromatic rings. The Hall–Kier alpha value is -1.15.